The van der Waals surface area contributed by atoms with Gasteiger partial charge in [-0.25, -0.2) is 9.78 Å². The number of carbonyl (C=O) groups is 1. The zero-order chi connectivity index (χ0) is 14.8. The molecule has 4 nitrogen and oxygen atoms in total. The van der Waals surface area contributed by atoms with Gasteiger partial charge in [-0.1, -0.05) is 25.1 Å². The molecule has 0 aliphatic rings. The second-order valence-corrected chi connectivity index (χ2v) is 5.80. The predicted octanol–water partition coefficient (Wildman–Crippen LogP) is 3.84. The second-order valence-electron chi connectivity index (χ2n) is 4.49. The Kier molecular flexibility index (Phi) is 3.66. The fourth-order valence-electron chi connectivity index (χ4n) is 2.36. The normalized spacial score (nSPS) is 10.9. The van der Waals surface area contributed by atoms with E-state index in [-0.39, 0.29) is 0 Å². The minimum absolute atomic E-state index is 0.326. The molecule has 0 aliphatic carbocycles. The molecule has 106 valence electrons. The highest BCUT2D eigenvalue weighted by atomic mass is 32.2. The molecule has 0 spiro atoms. The lowest BCUT2D eigenvalue weighted by Gasteiger charge is -2.12. The SMILES string of the molecule is CCSc1cccc(-n2cnc3ccccc32)c1C(=O)O. The summed E-state index contributed by atoms with van der Waals surface area (Å²) in [6.45, 7) is 2.01. The maximum Gasteiger partial charge on any atom is 0.338 e. The number of hydrogen-bond donors (Lipinski definition) is 1. The van der Waals surface area contributed by atoms with Gasteiger partial charge in [-0.3, -0.25) is 4.57 Å². The number of fused-ring (bicyclic) bond motifs is 1. The van der Waals surface area contributed by atoms with E-state index in [9.17, 15) is 9.90 Å². The number of carboxylic acids is 1. The highest BCUT2D eigenvalue weighted by Gasteiger charge is 2.18. The van der Waals surface area contributed by atoms with Crippen molar-refractivity contribution in [3.8, 4) is 5.69 Å². The number of carboxylic acid groups (broad SMARTS) is 1. The Morgan fingerprint density at radius 1 is 1.24 bits per heavy atom. The van der Waals surface area contributed by atoms with Crippen molar-refractivity contribution in [2.24, 2.45) is 0 Å². The van der Waals surface area contributed by atoms with E-state index in [2.05, 4.69) is 4.98 Å². The van der Waals surface area contributed by atoms with Gasteiger partial charge in [0.15, 0.2) is 0 Å². The number of thioether (sulfide) groups is 1. The molecule has 21 heavy (non-hydrogen) atoms. The van der Waals surface area contributed by atoms with Crippen LogP contribution in [0.2, 0.25) is 0 Å². The summed E-state index contributed by atoms with van der Waals surface area (Å²) in [4.78, 5) is 16.8. The number of para-hydroxylation sites is 2. The summed E-state index contributed by atoms with van der Waals surface area (Å²) in [6.07, 6.45) is 1.67. The van der Waals surface area contributed by atoms with Gasteiger partial charge in [-0.2, -0.15) is 0 Å². The van der Waals surface area contributed by atoms with E-state index in [4.69, 9.17) is 0 Å². The zero-order valence-electron chi connectivity index (χ0n) is 11.5. The average Bonchev–Trinajstić information content (AvgIpc) is 2.91. The number of aromatic carboxylic acids is 1. The fraction of sp³-hybridized carbons (Fsp3) is 0.125. The molecule has 0 radical (unpaired) electrons. The molecule has 1 heterocycles. The number of aromatic nitrogens is 2. The first kappa shape index (κ1) is 13.7. The van der Waals surface area contributed by atoms with Crippen LogP contribution < -0.4 is 0 Å². The van der Waals surface area contributed by atoms with Crippen LogP contribution >= 0.6 is 11.8 Å². The Balaban J connectivity index is 2.27. The summed E-state index contributed by atoms with van der Waals surface area (Å²) in [5.74, 6) is -0.0895. The lowest BCUT2D eigenvalue weighted by atomic mass is 10.1. The van der Waals surface area contributed by atoms with Crippen LogP contribution in [0.5, 0.6) is 0 Å². The van der Waals surface area contributed by atoms with Crippen molar-refractivity contribution in [1.29, 1.82) is 0 Å². The Hall–Kier alpha value is -2.27. The van der Waals surface area contributed by atoms with Crippen molar-refractivity contribution in [1.82, 2.24) is 9.55 Å². The van der Waals surface area contributed by atoms with E-state index < -0.39 is 5.97 Å². The molecular weight excluding hydrogens is 284 g/mol. The van der Waals surface area contributed by atoms with Crippen molar-refractivity contribution in [3.63, 3.8) is 0 Å². The second kappa shape index (κ2) is 5.61. The molecule has 0 fully saturated rings. The molecule has 0 bridgehead atoms. The fourth-order valence-corrected chi connectivity index (χ4v) is 3.18. The smallest absolute Gasteiger partial charge is 0.338 e. The van der Waals surface area contributed by atoms with E-state index >= 15 is 0 Å². The van der Waals surface area contributed by atoms with Crippen LogP contribution in [-0.4, -0.2) is 26.4 Å². The standard InChI is InChI=1S/C16H14N2O2S/c1-2-21-14-9-5-8-13(15(14)16(19)20)18-10-17-11-6-3-4-7-12(11)18/h3-10H,2H2,1H3,(H,19,20). The van der Waals surface area contributed by atoms with Gasteiger partial charge in [0.25, 0.3) is 0 Å². The van der Waals surface area contributed by atoms with E-state index in [0.717, 1.165) is 21.7 Å². The molecule has 1 N–H and O–H groups in total. The molecule has 0 aliphatic heterocycles. The van der Waals surface area contributed by atoms with Gasteiger partial charge in [0.05, 0.1) is 22.3 Å². The predicted molar refractivity (Wildman–Crippen MR) is 84.4 cm³/mol. The largest absolute Gasteiger partial charge is 0.478 e. The van der Waals surface area contributed by atoms with Gasteiger partial charge in [-0.05, 0) is 30.0 Å². The third-order valence-electron chi connectivity index (χ3n) is 3.23. The van der Waals surface area contributed by atoms with Gasteiger partial charge < -0.3 is 5.11 Å². The van der Waals surface area contributed by atoms with E-state index in [0.29, 0.717) is 11.3 Å². The van der Waals surface area contributed by atoms with Crippen molar-refractivity contribution in [3.05, 3.63) is 54.4 Å². The van der Waals surface area contributed by atoms with Crippen LogP contribution in [0.1, 0.15) is 17.3 Å². The number of benzene rings is 2. The number of nitrogens with zero attached hydrogens (tertiary/aromatic N) is 2. The monoisotopic (exact) mass is 298 g/mol. The molecule has 0 saturated heterocycles. The Morgan fingerprint density at radius 2 is 2.05 bits per heavy atom. The molecule has 0 saturated carbocycles. The van der Waals surface area contributed by atoms with Crippen LogP contribution in [0.4, 0.5) is 0 Å². The Morgan fingerprint density at radius 3 is 2.81 bits per heavy atom. The summed E-state index contributed by atoms with van der Waals surface area (Å²) in [6, 6.07) is 13.2. The maximum atomic E-state index is 11.7. The van der Waals surface area contributed by atoms with Crippen LogP contribution in [0.3, 0.4) is 0 Å². The first-order valence-corrected chi connectivity index (χ1v) is 7.62. The van der Waals surface area contributed by atoms with Crippen LogP contribution in [-0.2, 0) is 0 Å². The van der Waals surface area contributed by atoms with Gasteiger partial charge in [0.1, 0.15) is 6.33 Å². The third kappa shape index (κ3) is 2.40. The third-order valence-corrected chi connectivity index (χ3v) is 4.17. The first-order chi connectivity index (χ1) is 10.2. The van der Waals surface area contributed by atoms with Crippen LogP contribution in [0, 0.1) is 0 Å². The molecule has 3 aromatic rings. The highest BCUT2D eigenvalue weighted by Crippen LogP contribution is 2.29. The Bertz CT molecular complexity index is 811. The number of rotatable bonds is 4. The topological polar surface area (TPSA) is 55.1 Å². The maximum absolute atomic E-state index is 11.7. The average molecular weight is 298 g/mol. The summed E-state index contributed by atoms with van der Waals surface area (Å²) in [5, 5.41) is 9.60. The van der Waals surface area contributed by atoms with Crippen molar-refractivity contribution >= 4 is 28.8 Å². The number of hydrogen-bond acceptors (Lipinski definition) is 3. The summed E-state index contributed by atoms with van der Waals surface area (Å²) >= 11 is 1.53. The molecule has 0 atom stereocenters. The van der Waals surface area contributed by atoms with Crippen LogP contribution in [0.15, 0.2) is 53.7 Å². The molecule has 1 aromatic heterocycles. The molecular formula is C16H14N2O2S. The lowest BCUT2D eigenvalue weighted by molar-refractivity contribution is 0.0693. The highest BCUT2D eigenvalue weighted by molar-refractivity contribution is 7.99. The molecule has 5 heteroatoms. The summed E-state index contributed by atoms with van der Waals surface area (Å²) in [5.41, 5.74) is 2.73. The summed E-state index contributed by atoms with van der Waals surface area (Å²) in [7, 11) is 0. The molecule has 0 amide bonds. The van der Waals surface area contributed by atoms with Gasteiger partial charge in [0.2, 0.25) is 0 Å². The Labute approximate surface area is 126 Å². The van der Waals surface area contributed by atoms with Gasteiger partial charge in [0, 0.05) is 4.90 Å². The lowest BCUT2D eigenvalue weighted by Crippen LogP contribution is -2.06. The van der Waals surface area contributed by atoms with Crippen molar-refractivity contribution < 1.29 is 9.90 Å². The molecule has 2 aromatic carbocycles. The molecule has 3 rings (SSSR count). The van der Waals surface area contributed by atoms with E-state index in [1.54, 1.807) is 6.33 Å². The van der Waals surface area contributed by atoms with Crippen molar-refractivity contribution in [2.45, 2.75) is 11.8 Å². The van der Waals surface area contributed by atoms with Gasteiger partial charge in [-0.15, -0.1) is 11.8 Å². The summed E-state index contributed by atoms with van der Waals surface area (Å²) < 4.78 is 1.83. The minimum Gasteiger partial charge on any atom is -0.478 e. The van der Waals surface area contributed by atoms with Crippen molar-refractivity contribution in [2.75, 3.05) is 5.75 Å². The molecule has 0 unspecified atom stereocenters. The minimum atomic E-state index is -0.917. The quantitative estimate of drug-likeness (QED) is 0.744. The zero-order valence-corrected chi connectivity index (χ0v) is 12.3. The first-order valence-electron chi connectivity index (χ1n) is 6.64. The number of imidazole rings is 1. The van der Waals surface area contributed by atoms with E-state index in [1.165, 1.54) is 11.8 Å². The van der Waals surface area contributed by atoms with E-state index in [1.807, 2.05) is 54.0 Å². The van der Waals surface area contributed by atoms with Crippen LogP contribution in [0.25, 0.3) is 16.7 Å². The van der Waals surface area contributed by atoms with Gasteiger partial charge >= 0.3 is 5.97 Å².